The molecule has 2 N–H and O–H groups in total. The number of nitrogens with one attached hydrogen (secondary N) is 2. The van der Waals surface area contributed by atoms with E-state index >= 15 is 0 Å². The molecule has 210 valence electrons. The molecule has 3 amide bonds. The normalized spacial score (nSPS) is 41.0. The van der Waals surface area contributed by atoms with Gasteiger partial charge in [-0.15, -0.1) is 0 Å². The number of carbonyl (C=O) groups is 3. The standard InChI is InChI=1S/C31H40ClN3O4/c1-17-9-6-12-22(19(17)3)34-29(37)27-31-15-14-24(39-31)25(28(36)33-21-11-7-10-20(32)16-21)26(31)30(38)35(27)23-13-5-4-8-18(23)2/h7,10-11,14-19,22-27H,4-6,8-9,12-13H2,1-3H3,(H,33,36)(H,34,37)/t17-,18+,19+,22+,23-,24+,25-,26+,27+,31+/m1/s1. The summed E-state index contributed by atoms with van der Waals surface area (Å²) in [5, 5.41) is 6.84. The van der Waals surface area contributed by atoms with E-state index in [2.05, 4.69) is 31.4 Å². The fraction of sp³-hybridized carbons (Fsp3) is 0.645. The Morgan fingerprint density at radius 3 is 2.56 bits per heavy atom. The summed E-state index contributed by atoms with van der Waals surface area (Å²) in [6.07, 6.45) is 10.5. The van der Waals surface area contributed by atoms with Crippen molar-refractivity contribution in [2.24, 2.45) is 29.6 Å². The second kappa shape index (κ2) is 10.2. The molecular weight excluding hydrogens is 514 g/mol. The van der Waals surface area contributed by atoms with Gasteiger partial charge in [0, 0.05) is 22.8 Å². The molecule has 1 aromatic carbocycles. The fourth-order valence-electron chi connectivity index (χ4n) is 8.11. The lowest BCUT2D eigenvalue weighted by Gasteiger charge is -2.42. The van der Waals surface area contributed by atoms with Gasteiger partial charge in [0.1, 0.15) is 11.6 Å². The summed E-state index contributed by atoms with van der Waals surface area (Å²) < 4.78 is 6.56. The maximum atomic E-state index is 14.4. The molecule has 10 atom stereocenters. The molecule has 1 spiro atoms. The molecule has 6 rings (SSSR count). The van der Waals surface area contributed by atoms with Crippen LogP contribution in [-0.2, 0) is 19.1 Å². The van der Waals surface area contributed by atoms with Crippen LogP contribution < -0.4 is 10.6 Å². The predicted molar refractivity (Wildman–Crippen MR) is 150 cm³/mol. The molecular formula is C31H40ClN3O4. The smallest absolute Gasteiger partial charge is 0.246 e. The van der Waals surface area contributed by atoms with E-state index in [0.29, 0.717) is 22.5 Å². The Balaban J connectivity index is 1.34. The van der Waals surface area contributed by atoms with Gasteiger partial charge in [0.25, 0.3) is 0 Å². The Morgan fingerprint density at radius 1 is 1.03 bits per heavy atom. The van der Waals surface area contributed by atoms with E-state index in [4.69, 9.17) is 16.3 Å². The zero-order valence-corrected chi connectivity index (χ0v) is 23.8. The average Bonchev–Trinajstić information content (AvgIpc) is 3.54. The minimum Gasteiger partial charge on any atom is -0.359 e. The van der Waals surface area contributed by atoms with E-state index in [0.717, 1.165) is 38.5 Å². The van der Waals surface area contributed by atoms with E-state index < -0.39 is 29.6 Å². The molecule has 1 aromatic rings. The molecule has 0 radical (unpaired) electrons. The van der Waals surface area contributed by atoms with Gasteiger partial charge in [-0.3, -0.25) is 14.4 Å². The van der Waals surface area contributed by atoms with E-state index in [1.165, 1.54) is 6.42 Å². The van der Waals surface area contributed by atoms with Crippen molar-refractivity contribution < 1.29 is 19.1 Å². The minimum absolute atomic E-state index is 0.0441. The Morgan fingerprint density at radius 2 is 1.79 bits per heavy atom. The third-order valence-corrected chi connectivity index (χ3v) is 10.6. The number of hydrogen-bond acceptors (Lipinski definition) is 4. The molecule has 4 fully saturated rings. The molecule has 2 saturated heterocycles. The highest BCUT2D eigenvalue weighted by molar-refractivity contribution is 6.30. The van der Waals surface area contributed by atoms with Crippen molar-refractivity contribution in [1.29, 1.82) is 0 Å². The molecule has 3 aliphatic heterocycles. The highest BCUT2D eigenvalue weighted by Gasteiger charge is 2.73. The van der Waals surface area contributed by atoms with E-state index in [9.17, 15) is 14.4 Å². The van der Waals surface area contributed by atoms with Crippen LogP contribution in [0.1, 0.15) is 65.7 Å². The van der Waals surface area contributed by atoms with Crippen molar-refractivity contribution in [2.45, 2.75) is 95.5 Å². The maximum Gasteiger partial charge on any atom is 0.246 e. The summed E-state index contributed by atoms with van der Waals surface area (Å²) in [5.74, 6) is -0.821. The highest BCUT2D eigenvalue weighted by atomic mass is 35.5. The number of amides is 3. The number of likely N-dealkylation sites (tertiary alicyclic amines) is 1. The lowest BCUT2D eigenvalue weighted by Crippen LogP contribution is -2.60. The lowest BCUT2D eigenvalue weighted by atomic mass is 9.73. The number of benzene rings is 1. The van der Waals surface area contributed by atoms with Gasteiger partial charge in [0.05, 0.1) is 17.9 Å². The van der Waals surface area contributed by atoms with Crippen molar-refractivity contribution in [3.8, 4) is 0 Å². The van der Waals surface area contributed by atoms with Crippen molar-refractivity contribution >= 4 is 35.0 Å². The molecule has 5 aliphatic rings. The average molecular weight is 554 g/mol. The van der Waals surface area contributed by atoms with Gasteiger partial charge < -0.3 is 20.3 Å². The molecule has 8 heteroatoms. The van der Waals surface area contributed by atoms with Gasteiger partial charge in [-0.05, 0) is 55.2 Å². The SMILES string of the molecule is C[C@H]1[C@H](C)CCC[C@@H]1NC(=O)[C@@H]1N([C@@H]2CCCC[C@@H]2C)C(=O)[C@@H]2[C@H](C(=O)Nc3cccc(Cl)c3)[C@@H]3C=C[C@]21O3. The Kier molecular flexibility index (Phi) is 7.03. The van der Waals surface area contributed by atoms with Gasteiger partial charge in [0.2, 0.25) is 17.7 Å². The highest BCUT2D eigenvalue weighted by Crippen LogP contribution is 2.56. The molecule has 0 unspecified atom stereocenters. The minimum atomic E-state index is -1.14. The zero-order chi connectivity index (χ0) is 27.5. The van der Waals surface area contributed by atoms with Crippen LogP contribution in [0.25, 0.3) is 0 Å². The summed E-state index contributed by atoms with van der Waals surface area (Å²) in [5.41, 5.74) is -0.561. The number of ether oxygens (including phenoxy) is 1. The van der Waals surface area contributed by atoms with E-state index in [-0.39, 0.29) is 35.7 Å². The van der Waals surface area contributed by atoms with Gasteiger partial charge in [-0.25, -0.2) is 0 Å². The maximum absolute atomic E-state index is 14.4. The summed E-state index contributed by atoms with van der Waals surface area (Å²) >= 11 is 6.14. The Labute approximate surface area is 236 Å². The van der Waals surface area contributed by atoms with Crippen LogP contribution in [0.2, 0.25) is 5.02 Å². The van der Waals surface area contributed by atoms with E-state index in [1.807, 2.05) is 17.1 Å². The Hall–Kier alpha value is -2.38. The Bertz CT molecular complexity index is 1190. The van der Waals surface area contributed by atoms with Crippen LogP contribution in [0.4, 0.5) is 5.69 Å². The number of anilines is 1. The zero-order valence-electron chi connectivity index (χ0n) is 23.1. The first-order valence-electron chi connectivity index (χ1n) is 14.8. The monoisotopic (exact) mass is 553 g/mol. The predicted octanol–water partition coefficient (Wildman–Crippen LogP) is 4.95. The van der Waals surface area contributed by atoms with Crippen LogP contribution in [0.3, 0.4) is 0 Å². The molecule has 2 bridgehead atoms. The molecule has 39 heavy (non-hydrogen) atoms. The number of rotatable bonds is 5. The molecule has 0 aromatic heterocycles. The van der Waals surface area contributed by atoms with Crippen molar-refractivity contribution in [3.05, 3.63) is 41.4 Å². The number of carbonyl (C=O) groups excluding carboxylic acids is 3. The van der Waals surface area contributed by atoms with Gasteiger partial charge >= 0.3 is 0 Å². The van der Waals surface area contributed by atoms with Gasteiger partial charge in [0.15, 0.2) is 0 Å². The third kappa shape index (κ3) is 4.40. The first kappa shape index (κ1) is 26.8. The van der Waals surface area contributed by atoms with Gasteiger partial charge in [-0.1, -0.05) is 76.3 Å². The second-order valence-corrected chi connectivity index (χ2v) is 13.1. The molecule has 3 heterocycles. The van der Waals surface area contributed by atoms with Crippen LogP contribution >= 0.6 is 11.6 Å². The molecule has 2 saturated carbocycles. The number of halogens is 1. The molecule has 7 nitrogen and oxygen atoms in total. The second-order valence-electron chi connectivity index (χ2n) is 12.7. The van der Waals surface area contributed by atoms with Crippen LogP contribution in [0.15, 0.2) is 36.4 Å². The number of nitrogens with zero attached hydrogens (tertiary/aromatic N) is 1. The van der Waals surface area contributed by atoms with Crippen LogP contribution in [-0.4, -0.2) is 52.5 Å². The van der Waals surface area contributed by atoms with Gasteiger partial charge in [-0.2, -0.15) is 0 Å². The molecule has 2 aliphatic carbocycles. The van der Waals surface area contributed by atoms with Crippen molar-refractivity contribution in [1.82, 2.24) is 10.2 Å². The summed E-state index contributed by atoms with van der Waals surface area (Å²) in [6, 6.07) is 6.23. The third-order valence-electron chi connectivity index (χ3n) is 10.4. The van der Waals surface area contributed by atoms with Crippen LogP contribution in [0.5, 0.6) is 0 Å². The first-order valence-corrected chi connectivity index (χ1v) is 15.1. The first-order chi connectivity index (χ1) is 18.7. The largest absolute Gasteiger partial charge is 0.359 e. The number of hydrogen-bond donors (Lipinski definition) is 2. The van der Waals surface area contributed by atoms with Crippen LogP contribution in [0, 0.1) is 29.6 Å². The lowest BCUT2D eigenvalue weighted by molar-refractivity contribution is -0.146. The summed E-state index contributed by atoms with van der Waals surface area (Å²) in [4.78, 5) is 44.2. The van der Waals surface area contributed by atoms with E-state index in [1.54, 1.807) is 24.3 Å². The fourth-order valence-corrected chi connectivity index (χ4v) is 8.30. The summed E-state index contributed by atoms with van der Waals surface area (Å²) in [6.45, 7) is 6.64. The van der Waals surface area contributed by atoms with Crippen molar-refractivity contribution in [2.75, 3.05) is 5.32 Å². The number of fused-ring (bicyclic) bond motifs is 1. The summed E-state index contributed by atoms with van der Waals surface area (Å²) in [7, 11) is 0. The topological polar surface area (TPSA) is 87.7 Å². The van der Waals surface area contributed by atoms with Crippen molar-refractivity contribution in [3.63, 3.8) is 0 Å². The quantitative estimate of drug-likeness (QED) is 0.505.